The van der Waals surface area contributed by atoms with E-state index in [1.54, 1.807) is 21.1 Å². The van der Waals surface area contributed by atoms with Gasteiger partial charge in [0.25, 0.3) is 0 Å². The van der Waals surface area contributed by atoms with Crippen LogP contribution in [0.15, 0.2) is 29.8 Å². The highest BCUT2D eigenvalue weighted by molar-refractivity contribution is 5.88. The van der Waals surface area contributed by atoms with Gasteiger partial charge in [-0.3, -0.25) is 4.79 Å². The quantitative estimate of drug-likeness (QED) is 0.794. The van der Waals surface area contributed by atoms with Crippen LogP contribution in [-0.4, -0.2) is 44.5 Å². The minimum atomic E-state index is 0.141. The molecule has 2 atom stereocenters. The normalized spacial score (nSPS) is 28.7. The summed E-state index contributed by atoms with van der Waals surface area (Å²) in [4.78, 5) is 13.9. The third-order valence-corrected chi connectivity index (χ3v) is 5.79. The van der Waals surface area contributed by atoms with Crippen molar-refractivity contribution in [1.82, 2.24) is 4.90 Å². The third-order valence-electron chi connectivity index (χ3n) is 5.79. The molecule has 1 aromatic rings. The van der Waals surface area contributed by atoms with E-state index in [0.717, 1.165) is 43.7 Å². The van der Waals surface area contributed by atoms with Gasteiger partial charge in [-0.25, -0.2) is 0 Å². The number of ketones is 1. The fourth-order valence-corrected chi connectivity index (χ4v) is 4.54. The van der Waals surface area contributed by atoms with Crippen molar-refractivity contribution >= 4 is 5.78 Å². The highest BCUT2D eigenvalue weighted by Crippen LogP contribution is 2.50. The van der Waals surface area contributed by atoms with Crippen LogP contribution < -0.4 is 9.47 Å². The van der Waals surface area contributed by atoms with Crippen molar-refractivity contribution in [1.29, 1.82) is 0 Å². The van der Waals surface area contributed by atoms with Gasteiger partial charge in [0.05, 0.1) is 14.2 Å². The monoisotopic (exact) mass is 329 g/mol. The summed E-state index contributed by atoms with van der Waals surface area (Å²) in [5.74, 6) is 1.72. The van der Waals surface area contributed by atoms with Crippen LogP contribution in [0, 0.1) is 0 Å². The van der Waals surface area contributed by atoms with Gasteiger partial charge in [-0.2, -0.15) is 0 Å². The molecule has 2 fully saturated rings. The largest absolute Gasteiger partial charge is 0.493 e. The van der Waals surface area contributed by atoms with E-state index in [4.69, 9.17) is 9.47 Å². The maximum absolute atomic E-state index is 11.5. The van der Waals surface area contributed by atoms with Crippen molar-refractivity contribution in [3.8, 4) is 11.5 Å². The average Bonchev–Trinajstić information content (AvgIpc) is 2.91. The number of carbonyl (C=O) groups excluding carboxylic acids is 1. The predicted octanol–water partition coefficient (Wildman–Crippen LogP) is 3.35. The second kappa shape index (κ2) is 6.60. The Bertz CT molecular complexity index is 667. The average molecular weight is 329 g/mol. The van der Waals surface area contributed by atoms with Gasteiger partial charge in [-0.15, -0.1) is 0 Å². The summed E-state index contributed by atoms with van der Waals surface area (Å²) >= 11 is 0. The molecule has 1 heterocycles. The molecule has 1 aliphatic heterocycles. The molecule has 1 saturated heterocycles. The molecule has 0 unspecified atom stereocenters. The molecule has 4 heteroatoms. The van der Waals surface area contributed by atoms with Gasteiger partial charge >= 0.3 is 0 Å². The van der Waals surface area contributed by atoms with Gasteiger partial charge in [-0.1, -0.05) is 11.6 Å². The maximum atomic E-state index is 11.5. The summed E-state index contributed by atoms with van der Waals surface area (Å²) in [6.07, 6.45) is 6.04. The number of nitrogens with zero attached hydrogens (tertiary/aromatic N) is 1. The summed E-state index contributed by atoms with van der Waals surface area (Å²) in [5, 5.41) is 0. The van der Waals surface area contributed by atoms with Gasteiger partial charge in [0.2, 0.25) is 0 Å². The highest BCUT2D eigenvalue weighted by atomic mass is 16.5. The van der Waals surface area contributed by atoms with Crippen molar-refractivity contribution in [2.24, 2.45) is 0 Å². The van der Waals surface area contributed by atoms with E-state index in [1.807, 2.05) is 12.1 Å². The number of fused-ring (bicyclic) bond motifs is 1. The summed E-state index contributed by atoms with van der Waals surface area (Å²) in [7, 11) is 5.55. The van der Waals surface area contributed by atoms with E-state index in [-0.39, 0.29) is 11.2 Å². The first-order chi connectivity index (χ1) is 11.5. The number of hydrogen-bond donors (Lipinski definition) is 0. The Labute approximate surface area is 144 Å². The van der Waals surface area contributed by atoms with Crippen LogP contribution in [0.5, 0.6) is 11.5 Å². The van der Waals surface area contributed by atoms with Crippen molar-refractivity contribution in [2.45, 2.75) is 44.1 Å². The molecule has 4 nitrogen and oxygen atoms in total. The van der Waals surface area contributed by atoms with E-state index >= 15 is 0 Å². The first kappa shape index (κ1) is 17.0. The lowest BCUT2D eigenvalue weighted by Gasteiger charge is -2.43. The number of carbonyl (C=O) groups is 1. The lowest BCUT2D eigenvalue weighted by atomic mass is 9.65. The molecule has 24 heavy (non-hydrogen) atoms. The van der Waals surface area contributed by atoms with Gasteiger partial charge < -0.3 is 14.4 Å². The number of hydrogen-bond acceptors (Lipinski definition) is 4. The van der Waals surface area contributed by atoms with Crippen LogP contribution in [0.1, 0.15) is 38.2 Å². The third kappa shape index (κ3) is 2.84. The van der Waals surface area contributed by atoms with Crippen LogP contribution in [-0.2, 0) is 10.2 Å². The summed E-state index contributed by atoms with van der Waals surface area (Å²) in [6.45, 7) is 2.73. The van der Waals surface area contributed by atoms with Gasteiger partial charge in [0, 0.05) is 11.5 Å². The van der Waals surface area contributed by atoms with Gasteiger partial charge in [0.1, 0.15) is 0 Å². The van der Waals surface area contributed by atoms with Crippen molar-refractivity contribution in [2.75, 3.05) is 27.8 Å². The molecule has 1 aliphatic carbocycles. The molecule has 0 amide bonds. The second-order valence-corrected chi connectivity index (χ2v) is 7.09. The molecule has 0 bridgehead atoms. The minimum Gasteiger partial charge on any atom is -0.493 e. The number of methoxy groups -OCH3 is 2. The van der Waals surface area contributed by atoms with E-state index in [0.29, 0.717) is 6.04 Å². The second-order valence-electron chi connectivity index (χ2n) is 7.09. The maximum Gasteiger partial charge on any atom is 0.161 e. The molecule has 2 aliphatic rings. The van der Waals surface area contributed by atoms with Crippen LogP contribution in [0.2, 0.25) is 0 Å². The van der Waals surface area contributed by atoms with E-state index in [2.05, 4.69) is 24.1 Å². The Balaban J connectivity index is 1.98. The Hall–Kier alpha value is -1.81. The zero-order valence-electron chi connectivity index (χ0n) is 15.1. The fourth-order valence-electron chi connectivity index (χ4n) is 4.54. The van der Waals surface area contributed by atoms with Crippen LogP contribution in [0.3, 0.4) is 0 Å². The van der Waals surface area contributed by atoms with Crippen LogP contribution in [0.4, 0.5) is 0 Å². The lowest BCUT2D eigenvalue weighted by Crippen LogP contribution is -2.44. The standard InChI is InChI=1S/C20H27NO3/c1-14(22)11-15-7-8-20(9-10-21(2)19(20)12-15)16-5-6-17(23-3)18(13-16)24-4/h5-6,11,13,19H,7-10,12H2,1-4H3/b15-11+/t19-,20-/m0/s1. The Kier molecular flexibility index (Phi) is 4.68. The molecular weight excluding hydrogens is 302 g/mol. The molecule has 1 saturated carbocycles. The fraction of sp³-hybridized carbons (Fsp3) is 0.550. The Morgan fingerprint density at radius 2 is 2.00 bits per heavy atom. The molecular formula is C20H27NO3. The van der Waals surface area contributed by atoms with E-state index in [9.17, 15) is 4.79 Å². The Morgan fingerprint density at radius 3 is 2.67 bits per heavy atom. The molecule has 130 valence electrons. The van der Waals surface area contributed by atoms with Crippen molar-refractivity contribution in [3.63, 3.8) is 0 Å². The molecule has 0 aromatic heterocycles. The van der Waals surface area contributed by atoms with Gasteiger partial charge in [0.15, 0.2) is 17.3 Å². The first-order valence-corrected chi connectivity index (χ1v) is 8.63. The molecule has 0 N–H and O–H groups in total. The highest BCUT2D eigenvalue weighted by Gasteiger charge is 2.49. The number of likely N-dealkylation sites (tertiary alicyclic amines) is 1. The number of benzene rings is 1. The topological polar surface area (TPSA) is 38.8 Å². The van der Waals surface area contributed by atoms with Gasteiger partial charge in [-0.05, 0) is 70.0 Å². The van der Waals surface area contributed by atoms with E-state index in [1.165, 1.54) is 11.1 Å². The number of likely N-dealkylation sites (N-methyl/N-ethyl adjacent to an activating group) is 1. The summed E-state index contributed by atoms with van der Waals surface area (Å²) in [6, 6.07) is 6.78. The summed E-state index contributed by atoms with van der Waals surface area (Å²) < 4.78 is 10.9. The molecule has 1 aromatic carbocycles. The molecule has 0 radical (unpaired) electrons. The van der Waals surface area contributed by atoms with E-state index < -0.39 is 0 Å². The predicted molar refractivity (Wildman–Crippen MR) is 94.9 cm³/mol. The van der Waals surface area contributed by atoms with Crippen molar-refractivity contribution < 1.29 is 14.3 Å². The summed E-state index contributed by atoms with van der Waals surface area (Å²) in [5.41, 5.74) is 2.76. The zero-order chi connectivity index (χ0) is 17.3. The SMILES string of the molecule is COc1ccc([C@@]23CC/C(=C\C(C)=O)C[C@@H]2N(C)CC3)cc1OC. The zero-order valence-corrected chi connectivity index (χ0v) is 15.1. The number of rotatable bonds is 4. The molecule has 0 spiro atoms. The minimum absolute atomic E-state index is 0.141. The number of allylic oxidation sites excluding steroid dienone is 1. The van der Waals surface area contributed by atoms with Crippen LogP contribution in [0.25, 0.3) is 0 Å². The van der Waals surface area contributed by atoms with Crippen molar-refractivity contribution in [3.05, 3.63) is 35.4 Å². The number of ether oxygens (including phenoxy) is 2. The first-order valence-electron chi connectivity index (χ1n) is 8.63. The van der Waals surface area contributed by atoms with Crippen LogP contribution >= 0.6 is 0 Å². The Morgan fingerprint density at radius 1 is 1.25 bits per heavy atom. The molecule has 3 rings (SSSR count). The lowest BCUT2D eigenvalue weighted by molar-refractivity contribution is -0.112. The smallest absolute Gasteiger partial charge is 0.161 e.